The van der Waals surface area contributed by atoms with E-state index in [1.165, 1.54) is 37.8 Å². The molecule has 2 fully saturated rings. The Kier molecular flexibility index (Phi) is 3.99. The second kappa shape index (κ2) is 5.23. The minimum Gasteiger partial charge on any atom is -0.330 e. The Morgan fingerprint density at radius 2 is 1.79 bits per heavy atom. The van der Waals surface area contributed by atoms with Crippen molar-refractivity contribution in [2.45, 2.75) is 37.5 Å². The summed E-state index contributed by atoms with van der Waals surface area (Å²) in [5, 5.41) is 0. The second-order valence-electron chi connectivity index (χ2n) is 5.80. The highest BCUT2D eigenvalue weighted by molar-refractivity contribution is 7.85. The number of nitrogens with two attached hydrogens (primary N) is 1. The molecule has 0 atom stereocenters. The van der Waals surface area contributed by atoms with E-state index < -0.39 is 10.1 Å². The van der Waals surface area contributed by atoms with E-state index >= 15 is 0 Å². The van der Waals surface area contributed by atoms with Gasteiger partial charge in [-0.15, -0.1) is 0 Å². The molecule has 0 aliphatic heterocycles. The van der Waals surface area contributed by atoms with Gasteiger partial charge in [-0.05, 0) is 62.6 Å². The summed E-state index contributed by atoms with van der Waals surface area (Å²) in [5.41, 5.74) is 7.30. The number of hydrogen-bond acceptors (Lipinski definition) is 3. The van der Waals surface area contributed by atoms with Gasteiger partial charge < -0.3 is 5.73 Å². The number of rotatable bonds is 2. The summed E-state index contributed by atoms with van der Waals surface area (Å²) in [4.78, 5) is -0.0666. The maximum atomic E-state index is 10.5. The molecule has 0 bridgehead atoms. The zero-order valence-corrected chi connectivity index (χ0v) is 12.0. The third kappa shape index (κ3) is 3.78. The van der Waals surface area contributed by atoms with Gasteiger partial charge in [-0.2, -0.15) is 8.42 Å². The molecule has 3 N–H and O–H groups in total. The Morgan fingerprint density at radius 1 is 1.26 bits per heavy atom. The van der Waals surface area contributed by atoms with Crippen molar-refractivity contribution < 1.29 is 13.0 Å². The SMILES string of the molecule is Cc1ccc(S(=O)(=O)O)cc1.NCC1CC2(CC2)C1. The van der Waals surface area contributed by atoms with Crippen LogP contribution < -0.4 is 5.73 Å². The van der Waals surface area contributed by atoms with Gasteiger partial charge >= 0.3 is 0 Å². The van der Waals surface area contributed by atoms with Gasteiger partial charge in [0.25, 0.3) is 10.1 Å². The average molecular weight is 283 g/mol. The molecule has 0 saturated heterocycles. The molecule has 3 rings (SSSR count). The first-order valence-corrected chi connectivity index (χ1v) is 8.03. The molecule has 0 heterocycles. The number of benzene rings is 1. The number of hydrogen-bond donors (Lipinski definition) is 2. The molecular formula is C14H21NO3S. The first kappa shape index (κ1) is 14.5. The van der Waals surface area contributed by atoms with Crippen LogP contribution in [0.25, 0.3) is 0 Å². The summed E-state index contributed by atoms with van der Waals surface area (Å²) in [6.45, 7) is 2.77. The Bertz CT molecular complexity index is 524. The van der Waals surface area contributed by atoms with E-state index in [0.717, 1.165) is 23.4 Å². The Hall–Kier alpha value is -0.910. The summed E-state index contributed by atoms with van der Waals surface area (Å²) in [7, 11) is -4.02. The lowest BCUT2D eigenvalue weighted by Crippen LogP contribution is -2.30. The zero-order valence-electron chi connectivity index (χ0n) is 11.2. The van der Waals surface area contributed by atoms with Crippen LogP contribution in [0, 0.1) is 18.3 Å². The van der Waals surface area contributed by atoms with Crippen LogP contribution in [0.2, 0.25) is 0 Å². The molecule has 19 heavy (non-hydrogen) atoms. The zero-order chi connectivity index (χ0) is 14.1. The van der Waals surface area contributed by atoms with Crippen LogP contribution in [0.3, 0.4) is 0 Å². The smallest absolute Gasteiger partial charge is 0.294 e. The average Bonchev–Trinajstić information content (AvgIpc) is 3.07. The fourth-order valence-electron chi connectivity index (χ4n) is 2.63. The molecule has 5 heteroatoms. The van der Waals surface area contributed by atoms with Gasteiger partial charge in [0, 0.05) is 0 Å². The largest absolute Gasteiger partial charge is 0.330 e. The molecule has 2 aliphatic rings. The highest BCUT2D eigenvalue weighted by atomic mass is 32.2. The van der Waals surface area contributed by atoms with E-state index in [9.17, 15) is 8.42 Å². The van der Waals surface area contributed by atoms with Gasteiger partial charge in [-0.1, -0.05) is 17.7 Å². The fourth-order valence-corrected chi connectivity index (χ4v) is 3.11. The lowest BCUT2D eigenvalue weighted by molar-refractivity contribution is 0.176. The molecule has 0 amide bonds. The van der Waals surface area contributed by atoms with Crippen molar-refractivity contribution >= 4 is 10.1 Å². The molecule has 0 radical (unpaired) electrons. The van der Waals surface area contributed by atoms with Crippen LogP contribution in [0.4, 0.5) is 0 Å². The Labute approximate surface area is 114 Å². The van der Waals surface area contributed by atoms with Crippen molar-refractivity contribution in [2.24, 2.45) is 17.1 Å². The van der Waals surface area contributed by atoms with Crippen LogP contribution in [0.1, 0.15) is 31.2 Å². The van der Waals surface area contributed by atoms with Crippen molar-refractivity contribution in [2.75, 3.05) is 6.54 Å². The van der Waals surface area contributed by atoms with Crippen LogP contribution in [-0.2, 0) is 10.1 Å². The van der Waals surface area contributed by atoms with Gasteiger partial charge in [0.1, 0.15) is 0 Å². The monoisotopic (exact) mass is 283 g/mol. The topological polar surface area (TPSA) is 80.4 Å². The van der Waals surface area contributed by atoms with Crippen LogP contribution >= 0.6 is 0 Å². The van der Waals surface area contributed by atoms with Crippen molar-refractivity contribution in [3.8, 4) is 0 Å². The molecule has 2 saturated carbocycles. The molecule has 1 aromatic rings. The van der Waals surface area contributed by atoms with Crippen molar-refractivity contribution in [3.63, 3.8) is 0 Å². The lowest BCUT2D eigenvalue weighted by atomic mass is 9.72. The van der Waals surface area contributed by atoms with Gasteiger partial charge in [-0.25, -0.2) is 0 Å². The summed E-state index contributed by atoms with van der Waals surface area (Å²) in [6, 6.07) is 5.99. The summed E-state index contributed by atoms with van der Waals surface area (Å²) >= 11 is 0. The van der Waals surface area contributed by atoms with Crippen molar-refractivity contribution in [1.82, 2.24) is 0 Å². The molecule has 0 unspecified atom stereocenters. The van der Waals surface area contributed by atoms with Crippen molar-refractivity contribution in [1.29, 1.82) is 0 Å². The minimum atomic E-state index is -4.02. The molecule has 1 spiro atoms. The van der Waals surface area contributed by atoms with Crippen LogP contribution in [0.5, 0.6) is 0 Å². The molecule has 1 aromatic carbocycles. The van der Waals surface area contributed by atoms with E-state index in [-0.39, 0.29) is 4.90 Å². The third-order valence-electron chi connectivity index (χ3n) is 4.05. The van der Waals surface area contributed by atoms with Crippen molar-refractivity contribution in [3.05, 3.63) is 29.8 Å². The highest BCUT2D eigenvalue weighted by Crippen LogP contribution is 2.62. The molecule has 0 aromatic heterocycles. The minimum absolute atomic E-state index is 0.0666. The molecule has 2 aliphatic carbocycles. The fraction of sp³-hybridized carbons (Fsp3) is 0.571. The highest BCUT2D eigenvalue weighted by Gasteiger charge is 2.51. The van der Waals surface area contributed by atoms with Gasteiger partial charge in [0.15, 0.2) is 0 Å². The third-order valence-corrected chi connectivity index (χ3v) is 4.92. The predicted molar refractivity (Wildman–Crippen MR) is 74.4 cm³/mol. The quantitative estimate of drug-likeness (QED) is 0.817. The van der Waals surface area contributed by atoms with E-state index in [4.69, 9.17) is 10.3 Å². The summed E-state index contributed by atoms with van der Waals surface area (Å²) < 4.78 is 29.6. The first-order valence-electron chi connectivity index (χ1n) is 6.59. The van der Waals surface area contributed by atoms with E-state index in [1.807, 2.05) is 6.92 Å². The van der Waals surface area contributed by atoms with E-state index in [0.29, 0.717) is 0 Å². The van der Waals surface area contributed by atoms with Gasteiger partial charge in [0.2, 0.25) is 0 Å². The Morgan fingerprint density at radius 3 is 2.16 bits per heavy atom. The molecule has 106 valence electrons. The maximum Gasteiger partial charge on any atom is 0.294 e. The second-order valence-corrected chi connectivity index (χ2v) is 7.22. The predicted octanol–water partition coefficient (Wildman–Crippen LogP) is 2.38. The number of aryl methyl sites for hydroxylation is 1. The Balaban J connectivity index is 0.000000146. The van der Waals surface area contributed by atoms with Gasteiger partial charge in [-0.3, -0.25) is 4.55 Å². The lowest BCUT2D eigenvalue weighted by Gasteiger charge is -2.34. The van der Waals surface area contributed by atoms with E-state index in [1.54, 1.807) is 12.1 Å². The van der Waals surface area contributed by atoms with E-state index in [2.05, 4.69) is 0 Å². The molecule has 4 nitrogen and oxygen atoms in total. The van der Waals surface area contributed by atoms with Gasteiger partial charge in [0.05, 0.1) is 4.90 Å². The molecular weight excluding hydrogens is 262 g/mol. The standard InChI is InChI=1S/C7H13N.C7H8O3S/c8-5-6-3-7(4-6)1-2-7;1-6-2-4-7(5-3-6)11(8,9)10/h6H,1-5,8H2;2-5H,1H3,(H,8,9,10). The first-order chi connectivity index (χ1) is 8.85. The van der Waals surface area contributed by atoms with Crippen LogP contribution in [-0.4, -0.2) is 19.5 Å². The maximum absolute atomic E-state index is 10.5. The summed E-state index contributed by atoms with van der Waals surface area (Å²) in [5.74, 6) is 0.900. The van der Waals surface area contributed by atoms with Crippen LogP contribution in [0.15, 0.2) is 29.2 Å². The normalized spacial score (nSPS) is 20.4. The summed E-state index contributed by atoms with van der Waals surface area (Å²) in [6.07, 6.45) is 5.90.